The van der Waals surface area contributed by atoms with Gasteiger partial charge in [-0.25, -0.2) is 0 Å². The quantitative estimate of drug-likeness (QED) is 0.648. The van der Waals surface area contributed by atoms with E-state index in [1.807, 2.05) is 19.9 Å². The van der Waals surface area contributed by atoms with Crippen molar-refractivity contribution in [1.82, 2.24) is 0 Å². The van der Waals surface area contributed by atoms with E-state index in [1.165, 1.54) is 0 Å². The van der Waals surface area contributed by atoms with Crippen molar-refractivity contribution in [3.8, 4) is 6.07 Å². The Kier molecular flexibility index (Phi) is 2.32. The van der Waals surface area contributed by atoms with Gasteiger partial charge in [-0.05, 0) is 18.6 Å². The molecule has 0 fully saturated rings. The van der Waals surface area contributed by atoms with Crippen molar-refractivity contribution in [2.45, 2.75) is 26.2 Å². The first-order chi connectivity index (χ1) is 5.24. The minimum absolute atomic E-state index is 0.216. The maximum Gasteiger partial charge on any atom is 0.107 e. The molecule has 0 amide bonds. The second kappa shape index (κ2) is 3.25. The summed E-state index contributed by atoms with van der Waals surface area (Å²) >= 11 is 0. The molecule has 1 heterocycles. The molecule has 0 bridgehead atoms. The van der Waals surface area contributed by atoms with E-state index in [1.54, 1.807) is 6.26 Å². The van der Waals surface area contributed by atoms with Crippen molar-refractivity contribution in [1.29, 1.82) is 5.26 Å². The third-order valence-corrected chi connectivity index (χ3v) is 1.63. The molecule has 11 heavy (non-hydrogen) atoms. The molecular formula is C9H11NO. The second-order valence-corrected chi connectivity index (χ2v) is 2.79. The van der Waals surface area contributed by atoms with Crippen LogP contribution in [0.1, 0.15) is 30.6 Å². The summed E-state index contributed by atoms with van der Waals surface area (Å²) in [7, 11) is 0. The molecule has 2 heteroatoms. The Morgan fingerprint density at radius 1 is 1.73 bits per heavy atom. The predicted molar refractivity (Wildman–Crippen MR) is 42.1 cm³/mol. The van der Waals surface area contributed by atoms with Crippen molar-refractivity contribution >= 4 is 0 Å². The molecule has 0 saturated carbocycles. The van der Waals surface area contributed by atoms with E-state index < -0.39 is 0 Å². The van der Waals surface area contributed by atoms with Crippen LogP contribution in [0.25, 0.3) is 0 Å². The van der Waals surface area contributed by atoms with E-state index in [4.69, 9.17) is 9.68 Å². The van der Waals surface area contributed by atoms with E-state index >= 15 is 0 Å². The van der Waals surface area contributed by atoms with E-state index in [-0.39, 0.29) is 5.92 Å². The van der Waals surface area contributed by atoms with Crippen LogP contribution in [0, 0.1) is 18.3 Å². The maximum atomic E-state index is 8.41. The lowest BCUT2D eigenvalue weighted by atomic mass is 10.1. The van der Waals surface area contributed by atoms with Gasteiger partial charge in [0.15, 0.2) is 0 Å². The summed E-state index contributed by atoms with van der Waals surface area (Å²) < 4.78 is 5.23. The molecule has 1 rings (SSSR count). The van der Waals surface area contributed by atoms with Crippen LogP contribution < -0.4 is 0 Å². The lowest BCUT2D eigenvalue weighted by molar-refractivity contribution is 0.476. The molecule has 58 valence electrons. The molecule has 0 aromatic carbocycles. The average Bonchev–Trinajstić information content (AvgIpc) is 2.36. The monoisotopic (exact) mass is 149 g/mol. The molecule has 0 aliphatic rings. The van der Waals surface area contributed by atoms with E-state index in [0.717, 1.165) is 11.3 Å². The van der Waals surface area contributed by atoms with Crippen LogP contribution in [0.5, 0.6) is 0 Å². The van der Waals surface area contributed by atoms with Gasteiger partial charge < -0.3 is 4.42 Å². The molecule has 0 spiro atoms. The Bertz CT molecular complexity index is 269. The molecule has 0 aliphatic heterocycles. The lowest BCUT2D eigenvalue weighted by Gasteiger charge is -1.99. The van der Waals surface area contributed by atoms with Gasteiger partial charge in [0.2, 0.25) is 0 Å². The molecule has 1 aromatic rings. The van der Waals surface area contributed by atoms with Crippen LogP contribution in [0.3, 0.4) is 0 Å². The number of rotatable bonds is 2. The van der Waals surface area contributed by atoms with Gasteiger partial charge in [-0.15, -0.1) is 0 Å². The summed E-state index contributed by atoms with van der Waals surface area (Å²) in [4.78, 5) is 0. The van der Waals surface area contributed by atoms with Gasteiger partial charge in [0, 0.05) is 12.3 Å². The van der Waals surface area contributed by atoms with Gasteiger partial charge in [-0.2, -0.15) is 5.26 Å². The molecular weight excluding hydrogens is 138 g/mol. The number of nitriles is 1. The maximum absolute atomic E-state index is 8.41. The normalized spacial score (nSPS) is 12.5. The van der Waals surface area contributed by atoms with Crippen molar-refractivity contribution < 1.29 is 4.42 Å². The first-order valence-corrected chi connectivity index (χ1v) is 3.66. The summed E-state index contributed by atoms with van der Waals surface area (Å²) in [6.45, 7) is 3.97. The van der Waals surface area contributed by atoms with Crippen LogP contribution in [0.4, 0.5) is 0 Å². The molecule has 0 N–H and O–H groups in total. The minimum Gasteiger partial charge on any atom is -0.469 e. The number of hydrogen-bond donors (Lipinski definition) is 0. The number of furan rings is 1. The van der Waals surface area contributed by atoms with Crippen LogP contribution in [-0.4, -0.2) is 0 Å². The van der Waals surface area contributed by atoms with E-state index in [2.05, 4.69) is 6.07 Å². The van der Waals surface area contributed by atoms with Gasteiger partial charge in [-0.3, -0.25) is 0 Å². The van der Waals surface area contributed by atoms with Gasteiger partial charge in [0.1, 0.15) is 5.76 Å². The fourth-order valence-corrected chi connectivity index (χ4v) is 0.949. The Hall–Kier alpha value is -1.23. The van der Waals surface area contributed by atoms with Gasteiger partial charge in [-0.1, -0.05) is 6.92 Å². The number of aryl methyl sites for hydroxylation is 1. The summed E-state index contributed by atoms with van der Waals surface area (Å²) in [5.74, 6) is 1.12. The van der Waals surface area contributed by atoms with Crippen molar-refractivity contribution in [2.24, 2.45) is 0 Å². The lowest BCUT2D eigenvalue weighted by Crippen LogP contribution is -1.87. The predicted octanol–water partition coefficient (Wildman–Crippen LogP) is 2.61. The summed E-state index contributed by atoms with van der Waals surface area (Å²) in [6.07, 6.45) is 2.23. The molecule has 2 nitrogen and oxygen atoms in total. The molecule has 1 unspecified atom stereocenters. The third-order valence-electron chi connectivity index (χ3n) is 1.63. The fraction of sp³-hybridized carbons (Fsp3) is 0.444. The zero-order valence-electron chi connectivity index (χ0n) is 6.79. The summed E-state index contributed by atoms with van der Waals surface area (Å²) in [5, 5.41) is 8.41. The molecule has 1 atom stereocenters. The van der Waals surface area contributed by atoms with Crippen LogP contribution >= 0.6 is 0 Å². The Labute approximate surface area is 66.4 Å². The Balaban J connectivity index is 2.70. The second-order valence-electron chi connectivity index (χ2n) is 2.79. The first kappa shape index (κ1) is 7.87. The van der Waals surface area contributed by atoms with Crippen molar-refractivity contribution in [3.63, 3.8) is 0 Å². The standard InChI is InChI=1S/C9H11NO/c1-7-5-9(11-6-7)8(2)3-4-10/h5-6,8H,3H2,1-2H3. The van der Waals surface area contributed by atoms with Crippen LogP contribution in [-0.2, 0) is 0 Å². The smallest absolute Gasteiger partial charge is 0.107 e. The summed E-state index contributed by atoms with van der Waals surface area (Å²) in [5.41, 5.74) is 1.12. The van der Waals surface area contributed by atoms with Gasteiger partial charge >= 0.3 is 0 Å². The van der Waals surface area contributed by atoms with E-state index in [9.17, 15) is 0 Å². The first-order valence-electron chi connectivity index (χ1n) is 3.66. The highest BCUT2D eigenvalue weighted by Gasteiger charge is 2.07. The highest BCUT2D eigenvalue weighted by atomic mass is 16.3. The van der Waals surface area contributed by atoms with E-state index in [0.29, 0.717) is 6.42 Å². The Morgan fingerprint density at radius 2 is 2.45 bits per heavy atom. The van der Waals surface area contributed by atoms with Crippen molar-refractivity contribution in [3.05, 3.63) is 23.7 Å². The molecule has 0 saturated heterocycles. The molecule has 0 radical (unpaired) electrons. The highest BCUT2D eigenvalue weighted by molar-refractivity contribution is 5.14. The van der Waals surface area contributed by atoms with Crippen LogP contribution in [0.2, 0.25) is 0 Å². The fourth-order valence-electron chi connectivity index (χ4n) is 0.949. The molecule has 0 aliphatic carbocycles. The topological polar surface area (TPSA) is 36.9 Å². The highest BCUT2D eigenvalue weighted by Crippen LogP contribution is 2.20. The zero-order valence-corrected chi connectivity index (χ0v) is 6.79. The molecule has 1 aromatic heterocycles. The largest absolute Gasteiger partial charge is 0.469 e. The summed E-state index contributed by atoms with van der Waals surface area (Å²) in [6, 6.07) is 4.09. The third kappa shape index (κ3) is 1.84. The number of nitrogens with zero attached hydrogens (tertiary/aromatic N) is 1. The van der Waals surface area contributed by atoms with Crippen LogP contribution in [0.15, 0.2) is 16.7 Å². The van der Waals surface area contributed by atoms with Gasteiger partial charge in [0.25, 0.3) is 0 Å². The minimum atomic E-state index is 0.216. The Morgan fingerprint density at radius 3 is 2.91 bits per heavy atom. The average molecular weight is 149 g/mol. The number of hydrogen-bond acceptors (Lipinski definition) is 2. The SMILES string of the molecule is Cc1coc(C(C)CC#N)c1. The van der Waals surface area contributed by atoms with Gasteiger partial charge in [0.05, 0.1) is 12.3 Å². The zero-order chi connectivity index (χ0) is 8.27. The van der Waals surface area contributed by atoms with Crippen molar-refractivity contribution in [2.75, 3.05) is 0 Å².